The van der Waals surface area contributed by atoms with Gasteiger partial charge >= 0.3 is 0 Å². The molecule has 0 saturated heterocycles. The molecule has 0 aliphatic rings. The van der Waals surface area contributed by atoms with E-state index in [1.54, 1.807) is 0 Å². The van der Waals surface area contributed by atoms with E-state index in [1.807, 2.05) is 4.72 Å². The summed E-state index contributed by atoms with van der Waals surface area (Å²) in [4.78, 5) is 21.6. The predicted octanol–water partition coefficient (Wildman–Crippen LogP) is -0.405. The summed E-state index contributed by atoms with van der Waals surface area (Å²) < 4.78 is 37.9. The van der Waals surface area contributed by atoms with Crippen LogP contribution in [-0.2, 0) is 10.0 Å². The number of nitrogens with zero attached hydrogens (tertiary/aromatic N) is 1. The molecule has 0 saturated carbocycles. The number of nitro benzene ring substituents is 1. The first-order valence-electron chi connectivity index (χ1n) is 5.61. The molecule has 0 bridgehead atoms. The maximum absolute atomic E-state index is 13.6. The summed E-state index contributed by atoms with van der Waals surface area (Å²) in [7, 11) is -2.33. The van der Waals surface area contributed by atoms with Crippen LogP contribution >= 0.6 is 0 Å². The standard InChI is InChI=1S/C10H13FN4O5S/c1-13-21(19,20)5-4-14-10(16)8-6(11)2-3-7(9(8)12)15(17)18/h2-3,13H,4-5,12H2,1H3,(H,14,16). The monoisotopic (exact) mass is 320 g/mol. The van der Waals surface area contributed by atoms with E-state index in [-0.39, 0.29) is 6.54 Å². The molecule has 0 atom stereocenters. The molecular weight excluding hydrogens is 307 g/mol. The van der Waals surface area contributed by atoms with Crippen molar-refractivity contribution >= 4 is 27.3 Å². The van der Waals surface area contributed by atoms with Crippen molar-refractivity contribution in [1.29, 1.82) is 0 Å². The lowest BCUT2D eigenvalue weighted by molar-refractivity contribution is -0.384. The zero-order valence-corrected chi connectivity index (χ0v) is 11.7. The highest BCUT2D eigenvalue weighted by Gasteiger charge is 2.23. The second kappa shape index (κ2) is 6.45. The van der Waals surface area contributed by atoms with Gasteiger partial charge in [-0.05, 0) is 13.1 Å². The summed E-state index contributed by atoms with van der Waals surface area (Å²) in [6.45, 7) is -0.302. The van der Waals surface area contributed by atoms with Gasteiger partial charge in [-0.25, -0.2) is 17.5 Å². The average molecular weight is 320 g/mol. The molecule has 1 aromatic carbocycles. The summed E-state index contributed by atoms with van der Waals surface area (Å²) in [6.07, 6.45) is 0. The molecule has 0 unspecified atom stereocenters. The van der Waals surface area contributed by atoms with Gasteiger partial charge in [0.05, 0.1) is 10.7 Å². The first-order chi connectivity index (χ1) is 9.69. The third-order valence-corrected chi connectivity index (χ3v) is 3.93. The van der Waals surface area contributed by atoms with Crippen LogP contribution in [0.25, 0.3) is 0 Å². The molecule has 21 heavy (non-hydrogen) atoms. The lowest BCUT2D eigenvalue weighted by Crippen LogP contribution is -2.33. The minimum Gasteiger partial charge on any atom is -0.392 e. The van der Waals surface area contributed by atoms with Crippen LogP contribution in [0.1, 0.15) is 10.4 Å². The van der Waals surface area contributed by atoms with E-state index in [2.05, 4.69) is 5.32 Å². The Balaban J connectivity index is 2.93. The number of anilines is 1. The van der Waals surface area contributed by atoms with Gasteiger partial charge in [-0.1, -0.05) is 0 Å². The highest BCUT2D eigenvalue weighted by atomic mass is 32.2. The van der Waals surface area contributed by atoms with Crippen molar-refractivity contribution < 1.29 is 22.5 Å². The SMILES string of the molecule is CNS(=O)(=O)CCNC(=O)c1c(F)ccc([N+](=O)[O-])c1N. The van der Waals surface area contributed by atoms with Crippen LogP contribution in [0.15, 0.2) is 12.1 Å². The smallest absolute Gasteiger partial charge is 0.293 e. The van der Waals surface area contributed by atoms with Crippen LogP contribution in [-0.4, -0.2) is 38.6 Å². The predicted molar refractivity (Wildman–Crippen MR) is 72.6 cm³/mol. The number of hydrogen-bond acceptors (Lipinski definition) is 6. The largest absolute Gasteiger partial charge is 0.392 e. The Morgan fingerprint density at radius 3 is 2.62 bits per heavy atom. The molecule has 0 aliphatic carbocycles. The molecule has 11 heteroatoms. The van der Waals surface area contributed by atoms with Gasteiger partial charge in [0.1, 0.15) is 17.1 Å². The van der Waals surface area contributed by atoms with Gasteiger partial charge < -0.3 is 11.1 Å². The van der Waals surface area contributed by atoms with Crippen LogP contribution in [0.5, 0.6) is 0 Å². The number of rotatable bonds is 6. The minimum atomic E-state index is -3.54. The van der Waals surface area contributed by atoms with E-state index < -0.39 is 49.4 Å². The van der Waals surface area contributed by atoms with Crippen molar-refractivity contribution in [3.05, 3.63) is 33.6 Å². The second-order valence-corrected chi connectivity index (χ2v) is 5.94. The Morgan fingerprint density at radius 1 is 1.48 bits per heavy atom. The van der Waals surface area contributed by atoms with Crippen LogP contribution < -0.4 is 15.8 Å². The van der Waals surface area contributed by atoms with Gasteiger partial charge in [0.2, 0.25) is 10.0 Å². The molecule has 0 aromatic heterocycles. The number of nitrogen functional groups attached to an aromatic ring is 1. The van der Waals surface area contributed by atoms with Crippen molar-refractivity contribution in [2.24, 2.45) is 0 Å². The summed E-state index contributed by atoms with van der Waals surface area (Å²) >= 11 is 0. The van der Waals surface area contributed by atoms with Crippen molar-refractivity contribution in [2.45, 2.75) is 0 Å². The van der Waals surface area contributed by atoms with Crippen molar-refractivity contribution in [2.75, 3.05) is 25.1 Å². The second-order valence-electron chi connectivity index (χ2n) is 3.89. The fraction of sp³-hybridized carbons (Fsp3) is 0.300. The molecule has 4 N–H and O–H groups in total. The van der Waals surface area contributed by atoms with Crippen LogP contribution in [0, 0.1) is 15.9 Å². The maximum Gasteiger partial charge on any atom is 0.293 e. The summed E-state index contributed by atoms with van der Waals surface area (Å²) in [5, 5.41) is 12.8. The summed E-state index contributed by atoms with van der Waals surface area (Å²) in [5.41, 5.74) is 3.48. The van der Waals surface area contributed by atoms with E-state index in [9.17, 15) is 27.7 Å². The Kier molecular flexibility index (Phi) is 5.16. The van der Waals surface area contributed by atoms with Crippen molar-refractivity contribution in [1.82, 2.24) is 10.0 Å². The number of benzene rings is 1. The Bertz CT molecular complexity index is 676. The molecule has 0 heterocycles. The first kappa shape index (κ1) is 16.8. The van der Waals surface area contributed by atoms with Gasteiger partial charge in [0.25, 0.3) is 11.6 Å². The van der Waals surface area contributed by atoms with E-state index in [0.717, 1.165) is 12.1 Å². The number of nitrogens with two attached hydrogens (primary N) is 1. The quantitative estimate of drug-likeness (QED) is 0.369. The molecule has 9 nitrogen and oxygen atoms in total. The molecule has 1 aromatic rings. The lowest BCUT2D eigenvalue weighted by atomic mass is 10.1. The van der Waals surface area contributed by atoms with Gasteiger partial charge in [-0.15, -0.1) is 0 Å². The molecule has 1 rings (SSSR count). The van der Waals surface area contributed by atoms with Crippen molar-refractivity contribution in [3.8, 4) is 0 Å². The van der Waals surface area contributed by atoms with E-state index in [4.69, 9.17) is 5.73 Å². The number of amides is 1. The lowest BCUT2D eigenvalue weighted by Gasteiger charge is -2.09. The number of carbonyl (C=O) groups excluding carboxylic acids is 1. The number of carbonyl (C=O) groups is 1. The number of sulfonamides is 1. The number of nitrogens with one attached hydrogen (secondary N) is 2. The van der Waals surface area contributed by atoms with Gasteiger partial charge in [0.15, 0.2) is 0 Å². The zero-order valence-electron chi connectivity index (χ0n) is 10.9. The van der Waals surface area contributed by atoms with Crippen LogP contribution in [0.3, 0.4) is 0 Å². The number of halogens is 1. The molecule has 0 aliphatic heterocycles. The number of hydrogen-bond donors (Lipinski definition) is 3. The minimum absolute atomic E-state index is 0.302. The van der Waals surface area contributed by atoms with Gasteiger partial charge in [0, 0.05) is 12.6 Å². The molecular formula is C10H13FN4O5S. The third kappa shape index (κ3) is 4.10. The van der Waals surface area contributed by atoms with E-state index in [0.29, 0.717) is 0 Å². The summed E-state index contributed by atoms with van der Waals surface area (Å²) in [5.74, 6) is -2.49. The Hall–Kier alpha value is -2.27. The summed E-state index contributed by atoms with van der Waals surface area (Å²) in [6, 6.07) is 1.58. The normalized spacial score (nSPS) is 11.1. The zero-order chi connectivity index (χ0) is 16.2. The highest BCUT2D eigenvalue weighted by Crippen LogP contribution is 2.27. The Morgan fingerprint density at radius 2 is 2.10 bits per heavy atom. The third-order valence-electron chi connectivity index (χ3n) is 2.56. The fourth-order valence-electron chi connectivity index (χ4n) is 1.46. The van der Waals surface area contributed by atoms with E-state index >= 15 is 0 Å². The first-order valence-corrected chi connectivity index (χ1v) is 7.26. The number of nitro groups is 1. The molecule has 0 radical (unpaired) electrons. The molecule has 116 valence electrons. The maximum atomic E-state index is 13.6. The average Bonchev–Trinajstić information content (AvgIpc) is 2.38. The molecule has 0 spiro atoms. The van der Waals surface area contributed by atoms with Crippen molar-refractivity contribution in [3.63, 3.8) is 0 Å². The highest BCUT2D eigenvalue weighted by molar-refractivity contribution is 7.89. The van der Waals surface area contributed by atoms with Crippen LogP contribution in [0.4, 0.5) is 15.8 Å². The molecule has 0 fully saturated rings. The Labute approximate surface area is 119 Å². The van der Waals surface area contributed by atoms with Gasteiger partial charge in [-0.3, -0.25) is 14.9 Å². The van der Waals surface area contributed by atoms with Crippen LogP contribution in [0.2, 0.25) is 0 Å². The fourth-order valence-corrected chi connectivity index (χ4v) is 2.04. The van der Waals surface area contributed by atoms with Gasteiger partial charge in [-0.2, -0.15) is 0 Å². The van der Waals surface area contributed by atoms with E-state index in [1.165, 1.54) is 7.05 Å². The topological polar surface area (TPSA) is 144 Å². The molecule has 1 amide bonds.